The molecule has 14 heavy (non-hydrogen) atoms. The molecule has 1 aromatic heterocycles. The third-order valence-electron chi connectivity index (χ3n) is 2.78. The van der Waals surface area contributed by atoms with Crippen LogP contribution in [0.2, 0.25) is 0 Å². The normalized spacial score (nSPS) is 16.1. The minimum Gasteiger partial charge on any atom is -0.136 e. The quantitative estimate of drug-likeness (QED) is 0.637. The van der Waals surface area contributed by atoms with Crippen LogP contribution < -0.4 is 0 Å². The predicted octanol–water partition coefficient (Wildman–Crippen LogP) is 4.47. The smallest absolute Gasteiger partial charge is 0.0349 e. The summed E-state index contributed by atoms with van der Waals surface area (Å²) in [4.78, 5) is 1.48. The van der Waals surface area contributed by atoms with E-state index in [1.54, 1.807) is 5.57 Å². The zero-order chi connectivity index (χ0) is 9.38. The highest BCUT2D eigenvalue weighted by Gasteiger charge is 2.09. The van der Waals surface area contributed by atoms with Crippen molar-refractivity contribution in [2.45, 2.75) is 19.3 Å². The van der Waals surface area contributed by atoms with Crippen LogP contribution in [-0.2, 0) is 0 Å². The molecular weight excluding hydrogens is 188 g/mol. The van der Waals surface area contributed by atoms with Gasteiger partial charge in [0.1, 0.15) is 0 Å². The molecule has 0 spiro atoms. The number of thiophene rings is 1. The molecule has 0 unspecified atom stereocenters. The molecule has 3 rings (SSSR count). The first kappa shape index (κ1) is 8.25. The lowest BCUT2D eigenvalue weighted by Crippen LogP contribution is -1.70. The minimum atomic E-state index is 1.27. The van der Waals surface area contributed by atoms with Gasteiger partial charge >= 0.3 is 0 Å². The van der Waals surface area contributed by atoms with Crippen LogP contribution in [0.5, 0.6) is 0 Å². The fourth-order valence-corrected chi connectivity index (χ4v) is 3.17. The number of fused-ring (bicyclic) bond motifs is 1. The van der Waals surface area contributed by atoms with Gasteiger partial charge in [-0.2, -0.15) is 0 Å². The van der Waals surface area contributed by atoms with Gasteiger partial charge in [-0.3, -0.25) is 0 Å². The second-order valence-electron chi connectivity index (χ2n) is 3.77. The van der Waals surface area contributed by atoms with E-state index in [4.69, 9.17) is 0 Å². The summed E-state index contributed by atoms with van der Waals surface area (Å²) in [5.74, 6) is 0. The van der Waals surface area contributed by atoms with Crippen molar-refractivity contribution in [1.82, 2.24) is 0 Å². The molecule has 2 aromatic rings. The van der Waals surface area contributed by atoms with Gasteiger partial charge in [-0.05, 0) is 42.4 Å². The average molecular weight is 200 g/mol. The Bertz CT molecular complexity index is 458. The molecule has 0 nitrogen and oxygen atoms in total. The zero-order valence-electron chi connectivity index (χ0n) is 7.99. The largest absolute Gasteiger partial charge is 0.136 e. The Morgan fingerprint density at radius 1 is 1.14 bits per heavy atom. The van der Waals surface area contributed by atoms with E-state index in [0.29, 0.717) is 0 Å². The van der Waals surface area contributed by atoms with E-state index in [1.807, 2.05) is 11.3 Å². The summed E-state index contributed by atoms with van der Waals surface area (Å²) in [5.41, 5.74) is 1.56. The summed E-state index contributed by atoms with van der Waals surface area (Å²) in [5, 5.41) is 1.39. The molecule has 0 amide bonds. The Kier molecular flexibility index (Phi) is 1.91. The Hall–Kier alpha value is -1.08. The lowest BCUT2D eigenvalue weighted by Gasteiger charge is -1.93. The third kappa shape index (κ3) is 1.28. The van der Waals surface area contributed by atoms with E-state index in [0.717, 1.165) is 0 Å². The molecule has 1 aromatic carbocycles. The average Bonchev–Trinajstić information content (AvgIpc) is 2.86. The third-order valence-corrected chi connectivity index (χ3v) is 3.97. The highest BCUT2D eigenvalue weighted by Crippen LogP contribution is 2.35. The van der Waals surface area contributed by atoms with Crippen LogP contribution in [0.25, 0.3) is 15.7 Å². The Morgan fingerprint density at radius 2 is 2.07 bits per heavy atom. The van der Waals surface area contributed by atoms with Crippen molar-refractivity contribution in [2.75, 3.05) is 0 Å². The first-order valence-corrected chi connectivity index (χ1v) is 5.93. The number of hydrogen-bond donors (Lipinski definition) is 0. The van der Waals surface area contributed by atoms with Gasteiger partial charge in [0.05, 0.1) is 0 Å². The fraction of sp³-hybridized carbons (Fsp3) is 0.231. The molecule has 0 radical (unpaired) electrons. The monoisotopic (exact) mass is 200 g/mol. The van der Waals surface area contributed by atoms with Gasteiger partial charge in [0.15, 0.2) is 0 Å². The zero-order valence-corrected chi connectivity index (χ0v) is 8.81. The van der Waals surface area contributed by atoms with Crippen molar-refractivity contribution < 1.29 is 0 Å². The van der Waals surface area contributed by atoms with E-state index in [9.17, 15) is 0 Å². The molecule has 1 heterocycles. The topological polar surface area (TPSA) is 0 Å². The van der Waals surface area contributed by atoms with Crippen LogP contribution in [0.1, 0.15) is 24.1 Å². The van der Waals surface area contributed by atoms with Crippen LogP contribution in [0.15, 0.2) is 36.4 Å². The molecule has 0 N–H and O–H groups in total. The van der Waals surface area contributed by atoms with Crippen LogP contribution in [0.3, 0.4) is 0 Å². The molecule has 0 aliphatic heterocycles. The second kappa shape index (κ2) is 3.25. The van der Waals surface area contributed by atoms with Crippen LogP contribution in [-0.4, -0.2) is 0 Å². The Labute approximate surface area is 87.9 Å². The maximum absolute atomic E-state index is 2.39. The maximum Gasteiger partial charge on any atom is 0.0349 e. The second-order valence-corrected chi connectivity index (χ2v) is 4.85. The van der Waals surface area contributed by atoms with Gasteiger partial charge in [-0.1, -0.05) is 24.3 Å². The summed E-state index contributed by atoms with van der Waals surface area (Å²) in [6.45, 7) is 0. The van der Waals surface area contributed by atoms with Gasteiger partial charge < -0.3 is 0 Å². The molecular formula is C13H12S. The number of hydrogen-bond acceptors (Lipinski definition) is 1. The van der Waals surface area contributed by atoms with Gasteiger partial charge in [0.25, 0.3) is 0 Å². The minimum absolute atomic E-state index is 1.27. The van der Waals surface area contributed by atoms with Crippen molar-refractivity contribution in [2.24, 2.45) is 0 Å². The Balaban J connectivity index is 2.14. The van der Waals surface area contributed by atoms with E-state index in [-0.39, 0.29) is 0 Å². The molecule has 1 heteroatoms. The fourth-order valence-electron chi connectivity index (χ4n) is 2.03. The first-order valence-electron chi connectivity index (χ1n) is 5.11. The van der Waals surface area contributed by atoms with Gasteiger partial charge in [-0.25, -0.2) is 0 Å². The van der Waals surface area contributed by atoms with E-state index in [1.165, 1.54) is 34.2 Å². The highest BCUT2D eigenvalue weighted by molar-refractivity contribution is 7.20. The van der Waals surface area contributed by atoms with Crippen molar-refractivity contribution in [3.63, 3.8) is 0 Å². The van der Waals surface area contributed by atoms with Crippen LogP contribution in [0, 0.1) is 0 Å². The molecule has 0 atom stereocenters. The summed E-state index contributed by atoms with van der Waals surface area (Å²) < 4.78 is 1.41. The molecule has 70 valence electrons. The summed E-state index contributed by atoms with van der Waals surface area (Å²) >= 11 is 1.93. The predicted molar refractivity (Wildman–Crippen MR) is 63.7 cm³/mol. The standard InChI is InChI=1S/C13H12S/c1-2-6-10(5-1)13-9-11-7-3-4-8-12(11)14-13/h3-5,7-9H,1-2,6H2. The number of rotatable bonds is 1. The highest BCUT2D eigenvalue weighted by atomic mass is 32.1. The Morgan fingerprint density at radius 3 is 2.86 bits per heavy atom. The first-order chi connectivity index (χ1) is 6.93. The molecule has 1 aliphatic rings. The van der Waals surface area contributed by atoms with Crippen molar-refractivity contribution in [1.29, 1.82) is 0 Å². The van der Waals surface area contributed by atoms with Gasteiger partial charge in [0, 0.05) is 9.58 Å². The molecule has 0 saturated heterocycles. The molecule has 1 aliphatic carbocycles. The van der Waals surface area contributed by atoms with Crippen molar-refractivity contribution in [3.05, 3.63) is 41.3 Å². The summed E-state index contributed by atoms with van der Waals surface area (Å²) in [7, 11) is 0. The number of allylic oxidation sites excluding steroid dienone is 2. The summed E-state index contributed by atoms with van der Waals surface area (Å²) in [6, 6.07) is 11.0. The van der Waals surface area contributed by atoms with Crippen LogP contribution >= 0.6 is 11.3 Å². The van der Waals surface area contributed by atoms with Gasteiger partial charge in [-0.15, -0.1) is 11.3 Å². The lowest BCUT2D eigenvalue weighted by molar-refractivity contribution is 0.936. The molecule has 0 saturated carbocycles. The lowest BCUT2D eigenvalue weighted by atomic mass is 10.2. The summed E-state index contributed by atoms with van der Waals surface area (Å²) in [6.07, 6.45) is 6.27. The van der Waals surface area contributed by atoms with E-state index < -0.39 is 0 Å². The molecule has 0 fully saturated rings. The van der Waals surface area contributed by atoms with Gasteiger partial charge in [0.2, 0.25) is 0 Å². The SMILES string of the molecule is C1=C(c2cc3ccccc3s2)CCC1. The molecule has 0 bridgehead atoms. The van der Waals surface area contributed by atoms with Crippen molar-refractivity contribution >= 4 is 27.0 Å². The number of benzene rings is 1. The van der Waals surface area contributed by atoms with E-state index in [2.05, 4.69) is 36.4 Å². The van der Waals surface area contributed by atoms with Crippen LogP contribution in [0.4, 0.5) is 0 Å². The van der Waals surface area contributed by atoms with E-state index >= 15 is 0 Å². The van der Waals surface area contributed by atoms with Crippen molar-refractivity contribution in [3.8, 4) is 0 Å². The maximum atomic E-state index is 2.39.